The van der Waals surface area contributed by atoms with Crippen molar-refractivity contribution in [2.45, 2.75) is 93.9 Å². The van der Waals surface area contributed by atoms with Crippen LogP contribution in [0, 0.1) is 41.5 Å². The van der Waals surface area contributed by atoms with Crippen molar-refractivity contribution in [3.8, 4) is 0 Å². The molecule has 0 aliphatic rings. The fourth-order valence-corrected chi connectivity index (χ4v) is 11.7. The summed E-state index contributed by atoms with van der Waals surface area (Å²) in [5, 5.41) is 11.8. The monoisotopic (exact) mass is 912 g/mol. The molecule has 0 fully saturated rings. The maximum atomic E-state index is 7.17. The van der Waals surface area contributed by atoms with E-state index in [9.17, 15) is 0 Å². The molecule has 0 aliphatic heterocycles. The second kappa shape index (κ2) is 15.5. The van der Waals surface area contributed by atoms with Gasteiger partial charge in [-0.05, 0) is 168 Å². The van der Waals surface area contributed by atoms with Crippen molar-refractivity contribution in [1.82, 2.24) is 0 Å². The highest BCUT2D eigenvalue weighted by Crippen LogP contribution is 2.51. The lowest BCUT2D eigenvalue weighted by Crippen LogP contribution is -2.12. The zero-order chi connectivity index (χ0) is 48.7. The van der Waals surface area contributed by atoms with Crippen LogP contribution in [0.3, 0.4) is 0 Å². The third-order valence-electron chi connectivity index (χ3n) is 14.6. The van der Waals surface area contributed by atoms with Crippen molar-refractivity contribution in [2.24, 2.45) is 0 Å². The van der Waals surface area contributed by atoms with Crippen molar-refractivity contribution in [3.05, 3.63) is 190 Å². The van der Waals surface area contributed by atoms with E-state index < -0.39 is 0 Å². The van der Waals surface area contributed by atoms with Gasteiger partial charge in [-0.25, -0.2) is 0 Å². The van der Waals surface area contributed by atoms with Crippen LogP contribution in [-0.2, 0) is 10.8 Å². The summed E-state index contributed by atoms with van der Waals surface area (Å²) in [6.45, 7) is 26.8. The van der Waals surface area contributed by atoms with Crippen molar-refractivity contribution >= 4 is 110 Å². The summed E-state index contributed by atoms with van der Waals surface area (Å²) in [6.07, 6.45) is 0. The van der Waals surface area contributed by atoms with E-state index in [1.165, 1.54) is 76.8 Å². The smallest absolute Gasteiger partial charge is 0.159 e. The Bertz CT molecular complexity index is 3800. The molecule has 0 bridgehead atoms. The molecule has 346 valence electrons. The molecule has 0 atom stereocenters. The van der Waals surface area contributed by atoms with Crippen LogP contribution < -0.4 is 9.80 Å². The van der Waals surface area contributed by atoms with Crippen molar-refractivity contribution in [1.29, 1.82) is 0 Å². The molecule has 0 N–H and O–H groups in total. The molecule has 0 saturated heterocycles. The number of para-hydroxylation sites is 2. The highest BCUT2D eigenvalue weighted by molar-refractivity contribution is 6.29. The molecule has 0 aliphatic carbocycles. The van der Waals surface area contributed by atoms with Gasteiger partial charge in [0.2, 0.25) is 0 Å². The number of nitrogens with zero attached hydrogens (tertiary/aromatic N) is 2. The minimum atomic E-state index is -0.0994. The van der Waals surface area contributed by atoms with E-state index in [0.717, 1.165) is 78.0 Å². The number of aryl methyl sites for hydroxylation is 6. The van der Waals surface area contributed by atoms with Crippen LogP contribution in [0.15, 0.2) is 154 Å². The summed E-state index contributed by atoms with van der Waals surface area (Å²) in [7, 11) is 0. The minimum absolute atomic E-state index is 0.0994. The largest absolute Gasteiger partial charge is 0.454 e. The molecular weight excluding hydrogens is 853 g/mol. The van der Waals surface area contributed by atoms with Crippen LogP contribution in [0.25, 0.3) is 76.2 Å². The molecule has 4 nitrogen and oxygen atoms in total. The first-order valence-electron chi connectivity index (χ1n) is 24.8. The number of hydrogen-bond acceptors (Lipinski definition) is 4. The maximum absolute atomic E-state index is 7.17. The number of fused-ring (bicyclic) bond motifs is 6. The van der Waals surface area contributed by atoms with Gasteiger partial charge in [-0.1, -0.05) is 126 Å². The first-order valence-corrected chi connectivity index (χ1v) is 24.8. The molecule has 0 amide bonds. The fraction of sp³-hybridized carbons (Fsp3) is 0.212. The molecule has 0 spiro atoms. The second-order valence-electron chi connectivity index (χ2n) is 22.3. The van der Waals surface area contributed by atoms with Crippen molar-refractivity contribution in [3.63, 3.8) is 0 Å². The quantitative estimate of drug-likeness (QED) is 0.156. The predicted octanol–water partition coefficient (Wildman–Crippen LogP) is 19.8. The van der Waals surface area contributed by atoms with E-state index in [1.807, 2.05) is 0 Å². The zero-order valence-corrected chi connectivity index (χ0v) is 42.6. The summed E-state index contributed by atoms with van der Waals surface area (Å²) in [4.78, 5) is 4.89. The minimum Gasteiger partial charge on any atom is -0.454 e. The number of benzene rings is 10. The highest BCUT2D eigenvalue weighted by Gasteiger charge is 2.29. The van der Waals surface area contributed by atoms with Gasteiger partial charge in [-0.3, -0.25) is 0 Å². The van der Waals surface area contributed by atoms with Gasteiger partial charge >= 0.3 is 0 Å². The third-order valence-corrected chi connectivity index (χ3v) is 14.6. The summed E-state index contributed by atoms with van der Waals surface area (Å²) >= 11 is 0. The van der Waals surface area contributed by atoms with Crippen molar-refractivity contribution < 1.29 is 8.83 Å². The number of hydrogen-bond donors (Lipinski definition) is 0. The van der Waals surface area contributed by atoms with Gasteiger partial charge in [-0.15, -0.1) is 0 Å². The Morgan fingerprint density at radius 2 is 0.671 bits per heavy atom. The molecule has 2 heterocycles. The van der Waals surface area contributed by atoms with Crippen LogP contribution >= 0.6 is 0 Å². The Balaban J connectivity index is 1.14. The third kappa shape index (κ3) is 6.86. The SMILES string of the molecule is Cc1cc(C)cc(N(c2ccc3ccc4c(N(c5cc(C)cc(C)c5)c5cccc6c5oc5c(C(C)(C)C)cc(C)cc56)ccc5ccc2c3c54)c2cccc3c2oc2c(C(C)(C)C)cc(C)cc23)c1. The van der Waals surface area contributed by atoms with Crippen LogP contribution in [0.1, 0.15) is 86.1 Å². The lowest BCUT2D eigenvalue weighted by atomic mass is 9.85. The first kappa shape index (κ1) is 43.7. The van der Waals surface area contributed by atoms with E-state index in [0.29, 0.717) is 0 Å². The van der Waals surface area contributed by atoms with Gasteiger partial charge < -0.3 is 18.6 Å². The van der Waals surface area contributed by atoms with Gasteiger partial charge in [-0.2, -0.15) is 0 Å². The Morgan fingerprint density at radius 1 is 0.314 bits per heavy atom. The van der Waals surface area contributed by atoms with Gasteiger partial charge in [0.25, 0.3) is 0 Å². The second-order valence-corrected chi connectivity index (χ2v) is 22.3. The van der Waals surface area contributed by atoms with Crippen LogP contribution in [0.5, 0.6) is 0 Å². The lowest BCUT2D eigenvalue weighted by molar-refractivity contribution is 0.572. The molecule has 0 unspecified atom stereocenters. The van der Waals surface area contributed by atoms with E-state index in [2.05, 4.69) is 238 Å². The van der Waals surface area contributed by atoms with Gasteiger partial charge in [0.05, 0.1) is 22.7 Å². The van der Waals surface area contributed by atoms with Gasteiger partial charge in [0, 0.05) is 54.8 Å². The Kier molecular flexibility index (Phi) is 9.66. The van der Waals surface area contributed by atoms with Crippen LogP contribution in [0.2, 0.25) is 0 Å². The molecule has 0 saturated carbocycles. The average Bonchev–Trinajstić information content (AvgIpc) is 3.86. The molecule has 12 rings (SSSR count). The van der Waals surface area contributed by atoms with Gasteiger partial charge in [0.15, 0.2) is 11.2 Å². The lowest BCUT2D eigenvalue weighted by Gasteiger charge is -2.30. The van der Waals surface area contributed by atoms with E-state index in [-0.39, 0.29) is 10.8 Å². The molecule has 2 aromatic heterocycles. The molecular formula is C66H60N2O2. The highest BCUT2D eigenvalue weighted by atomic mass is 16.3. The molecule has 4 heteroatoms. The van der Waals surface area contributed by atoms with Crippen LogP contribution in [0.4, 0.5) is 34.1 Å². The topological polar surface area (TPSA) is 32.8 Å². The fourth-order valence-electron chi connectivity index (χ4n) is 11.7. The summed E-state index contributed by atoms with van der Waals surface area (Å²) in [5.74, 6) is 0. The first-order chi connectivity index (χ1) is 33.4. The number of furan rings is 2. The predicted molar refractivity (Wildman–Crippen MR) is 300 cm³/mol. The van der Waals surface area contributed by atoms with E-state index in [4.69, 9.17) is 8.83 Å². The maximum Gasteiger partial charge on any atom is 0.159 e. The summed E-state index contributed by atoms with van der Waals surface area (Å²) < 4.78 is 14.3. The average molecular weight is 913 g/mol. The van der Waals surface area contributed by atoms with E-state index in [1.54, 1.807) is 0 Å². The number of anilines is 6. The normalized spacial score (nSPS) is 12.6. The van der Waals surface area contributed by atoms with Gasteiger partial charge in [0.1, 0.15) is 11.2 Å². The Hall–Kier alpha value is -7.56. The Morgan fingerprint density at radius 3 is 1.04 bits per heavy atom. The van der Waals surface area contributed by atoms with Crippen molar-refractivity contribution in [2.75, 3.05) is 9.80 Å². The summed E-state index contributed by atoms with van der Waals surface area (Å²) in [5.41, 5.74) is 19.6. The number of rotatable bonds is 6. The standard InChI is InChI=1S/C66H60N2O2/c1-37-27-38(2)30-45(29-37)67(57-17-13-15-47-51-33-41(5)35-53(65(7,8)9)61(51)69-63(47)57)55-25-21-43-20-24-50-56(26-22-44-19-23-49(55)59(43)60(44)50)68(46-31-39(3)28-40(4)32-46)58-18-14-16-48-52-34-42(6)36-54(66(10,11)12)62(52)70-64(48)58/h13-36H,1-12H3. The molecule has 10 aromatic carbocycles. The van der Waals surface area contributed by atoms with E-state index >= 15 is 0 Å². The summed E-state index contributed by atoms with van der Waals surface area (Å²) in [6, 6.07) is 54.7. The zero-order valence-electron chi connectivity index (χ0n) is 42.6. The molecule has 12 aromatic rings. The molecule has 70 heavy (non-hydrogen) atoms. The molecule has 0 radical (unpaired) electrons. The van der Waals surface area contributed by atoms with Crippen LogP contribution in [-0.4, -0.2) is 0 Å². The Labute approximate surface area is 411 Å².